The monoisotopic (exact) mass is 244 g/mol. The summed E-state index contributed by atoms with van der Waals surface area (Å²) in [5.74, 6) is 0.992. The molecule has 2 rings (SSSR count). The van der Waals surface area contributed by atoms with Crippen molar-refractivity contribution in [2.24, 2.45) is 5.41 Å². The van der Waals surface area contributed by atoms with Gasteiger partial charge in [-0.25, -0.2) is 0 Å². The zero-order valence-corrected chi connectivity index (χ0v) is 11.8. The second-order valence-corrected chi connectivity index (χ2v) is 6.50. The summed E-state index contributed by atoms with van der Waals surface area (Å²) >= 11 is 0. The van der Waals surface area contributed by atoms with Crippen molar-refractivity contribution in [1.82, 2.24) is 0 Å². The minimum absolute atomic E-state index is 0.186. The van der Waals surface area contributed by atoms with E-state index in [9.17, 15) is 4.79 Å². The molecule has 1 nitrogen and oxygen atoms in total. The molecule has 0 saturated carbocycles. The van der Waals surface area contributed by atoms with E-state index in [1.807, 2.05) is 20.8 Å². The van der Waals surface area contributed by atoms with Gasteiger partial charge in [0.05, 0.1) is 0 Å². The van der Waals surface area contributed by atoms with Gasteiger partial charge in [-0.3, -0.25) is 4.79 Å². The van der Waals surface area contributed by atoms with Gasteiger partial charge in [0, 0.05) is 11.8 Å². The minimum Gasteiger partial charge on any atom is -0.299 e. The van der Waals surface area contributed by atoms with Gasteiger partial charge in [-0.05, 0) is 42.7 Å². The molecule has 0 N–H and O–H groups in total. The van der Waals surface area contributed by atoms with Gasteiger partial charge in [0.1, 0.15) is 5.78 Å². The van der Waals surface area contributed by atoms with E-state index in [1.54, 1.807) is 0 Å². The van der Waals surface area contributed by atoms with Crippen molar-refractivity contribution >= 4 is 5.78 Å². The fourth-order valence-electron chi connectivity index (χ4n) is 2.83. The third-order valence-corrected chi connectivity index (χ3v) is 4.05. The number of hydrogen-bond acceptors (Lipinski definition) is 1. The highest BCUT2D eigenvalue weighted by atomic mass is 16.1. The quantitative estimate of drug-likeness (QED) is 0.765. The second kappa shape index (κ2) is 5.26. The van der Waals surface area contributed by atoms with E-state index in [-0.39, 0.29) is 5.41 Å². The molecular formula is C17H24O. The van der Waals surface area contributed by atoms with Crippen LogP contribution in [0.3, 0.4) is 0 Å². The van der Waals surface area contributed by atoms with Crippen LogP contribution < -0.4 is 0 Å². The molecule has 0 spiro atoms. The highest BCUT2D eigenvalue weighted by Crippen LogP contribution is 2.35. The Bertz CT molecular complexity index is 425. The number of rotatable bonds is 3. The van der Waals surface area contributed by atoms with Gasteiger partial charge < -0.3 is 0 Å². The molecule has 0 radical (unpaired) electrons. The van der Waals surface area contributed by atoms with Crippen molar-refractivity contribution in [1.29, 1.82) is 0 Å². The predicted octanol–water partition coefficient (Wildman–Crippen LogP) is 4.50. The highest BCUT2D eigenvalue weighted by molar-refractivity contribution is 5.83. The summed E-state index contributed by atoms with van der Waals surface area (Å²) in [6.45, 7) is 6.05. The number of ketones is 1. The third kappa shape index (κ3) is 3.01. The van der Waals surface area contributed by atoms with E-state index < -0.39 is 0 Å². The lowest BCUT2D eigenvalue weighted by Crippen LogP contribution is -2.21. The minimum atomic E-state index is -0.186. The first kappa shape index (κ1) is 13.3. The first-order valence-corrected chi connectivity index (χ1v) is 7.09. The zero-order chi connectivity index (χ0) is 13.2. The normalized spacial score (nSPS) is 19.4. The van der Waals surface area contributed by atoms with E-state index in [0.717, 1.165) is 12.8 Å². The highest BCUT2D eigenvalue weighted by Gasteiger charge is 2.24. The van der Waals surface area contributed by atoms with Gasteiger partial charge >= 0.3 is 0 Å². The summed E-state index contributed by atoms with van der Waals surface area (Å²) in [5, 5.41) is 0. The van der Waals surface area contributed by atoms with Crippen LogP contribution in [0.15, 0.2) is 24.3 Å². The Morgan fingerprint density at radius 1 is 1.28 bits per heavy atom. The first-order valence-electron chi connectivity index (χ1n) is 7.09. The van der Waals surface area contributed by atoms with Crippen molar-refractivity contribution < 1.29 is 4.79 Å². The molecule has 0 aromatic heterocycles. The summed E-state index contributed by atoms with van der Waals surface area (Å²) in [5.41, 5.74) is 2.80. The van der Waals surface area contributed by atoms with Crippen LogP contribution in [-0.4, -0.2) is 5.78 Å². The van der Waals surface area contributed by atoms with Gasteiger partial charge in [-0.15, -0.1) is 0 Å². The fourth-order valence-corrected chi connectivity index (χ4v) is 2.83. The average Bonchev–Trinajstić information content (AvgIpc) is 2.34. The molecule has 0 saturated heterocycles. The molecule has 98 valence electrons. The lowest BCUT2D eigenvalue weighted by molar-refractivity contribution is -0.126. The lowest BCUT2D eigenvalue weighted by atomic mass is 9.78. The Labute approximate surface area is 111 Å². The van der Waals surface area contributed by atoms with Gasteiger partial charge in [0.25, 0.3) is 0 Å². The second-order valence-electron chi connectivity index (χ2n) is 6.50. The molecule has 1 aliphatic rings. The number of fused-ring (bicyclic) bond motifs is 1. The maximum Gasteiger partial charge on any atom is 0.138 e. The number of carbonyl (C=O) groups is 1. The smallest absolute Gasteiger partial charge is 0.138 e. The molecular weight excluding hydrogens is 220 g/mol. The van der Waals surface area contributed by atoms with Crippen molar-refractivity contribution in [3.05, 3.63) is 35.4 Å². The van der Waals surface area contributed by atoms with Crippen LogP contribution in [0.5, 0.6) is 0 Å². The van der Waals surface area contributed by atoms with Gasteiger partial charge in [0.15, 0.2) is 0 Å². The molecule has 1 heteroatoms. The first-order chi connectivity index (χ1) is 8.48. The van der Waals surface area contributed by atoms with Crippen LogP contribution in [0.4, 0.5) is 0 Å². The molecule has 1 aromatic rings. The van der Waals surface area contributed by atoms with Gasteiger partial charge in [-0.1, -0.05) is 45.0 Å². The van der Waals surface area contributed by atoms with Crippen LogP contribution >= 0.6 is 0 Å². The van der Waals surface area contributed by atoms with E-state index >= 15 is 0 Å². The van der Waals surface area contributed by atoms with Crippen molar-refractivity contribution in [3.63, 3.8) is 0 Å². The molecule has 1 atom stereocenters. The van der Waals surface area contributed by atoms with Crippen LogP contribution in [0, 0.1) is 5.41 Å². The largest absolute Gasteiger partial charge is 0.299 e. The van der Waals surface area contributed by atoms with Crippen LogP contribution in [0.2, 0.25) is 0 Å². The Morgan fingerprint density at radius 2 is 2.00 bits per heavy atom. The predicted molar refractivity (Wildman–Crippen MR) is 75.8 cm³/mol. The Morgan fingerprint density at radius 3 is 2.72 bits per heavy atom. The topological polar surface area (TPSA) is 17.1 Å². The number of benzene rings is 1. The fraction of sp³-hybridized carbons (Fsp3) is 0.588. The van der Waals surface area contributed by atoms with Gasteiger partial charge in [-0.2, -0.15) is 0 Å². The molecule has 0 bridgehead atoms. The zero-order valence-electron chi connectivity index (χ0n) is 11.8. The van der Waals surface area contributed by atoms with Crippen LogP contribution in [0.25, 0.3) is 0 Å². The number of Topliss-reactive ketones (excluding diaryl/α,β-unsaturated/α-hetero) is 1. The van der Waals surface area contributed by atoms with E-state index in [0.29, 0.717) is 11.7 Å². The summed E-state index contributed by atoms with van der Waals surface area (Å²) in [6, 6.07) is 8.75. The molecule has 1 aromatic carbocycles. The average molecular weight is 244 g/mol. The van der Waals surface area contributed by atoms with E-state index in [4.69, 9.17) is 0 Å². The van der Waals surface area contributed by atoms with Crippen LogP contribution in [0.1, 0.15) is 63.5 Å². The van der Waals surface area contributed by atoms with E-state index in [1.165, 1.54) is 30.4 Å². The molecule has 1 unspecified atom stereocenters. The van der Waals surface area contributed by atoms with Crippen molar-refractivity contribution in [3.8, 4) is 0 Å². The SMILES string of the molecule is CC(C)(C)C(=O)CCC1CCCc2ccccc21. The maximum absolute atomic E-state index is 12.0. The Balaban J connectivity index is 2.02. The summed E-state index contributed by atoms with van der Waals surface area (Å²) in [6.07, 6.45) is 5.47. The number of aryl methyl sites for hydroxylation is 1. The lowest BCUT2D eigenvalue weighted by Gasteiger charge is -2.26. The van der Waals surface area contributed by atoms with E-state index in [2.05, 4.69) is 24.3 Å². The molecule has 0 fully saturated rings. The van der Waals surface area contributed by atoms with Crippen LogP contribution in [-0.2, 0) is 11.2 Å². The van der Waals surface area contributed by atoms with Crippen molar-refractivity contribution in [2.45, 2.75) is 58.8 Å². The molecule has 0 aliphatic heterocycles. The van der Waals surface area contributed by atoms with Crippen molar-refractivity contribution in [2.75, 3.05) is 0 Å². The Hall–Kier alpha value is -1.11. The summed E-state index contributed by atoms with van der Waals surface area (Å²) < 4.78 is 0. The molecule has 0 amide bonds. The standard InChI is InChI=1S/C17H24O/c1-17(2,3)16(18)12-11-14-9-6-8-13-7-4-5-10-15(13)14/h4-5,7,10,14H,6,8-9,11-12H2,1-3H3. The molecule has 0 heterocycles. The number of hydrogen-bond donors (Lipinski definition) is 0. The van der Waals surface area contributed by atoms with Gasteiger partial charge in [0.2, 0.25) is 0 Å². The Kier molecular flexibility index (Phi) is 3.89. The number of carbonyl (C=O) groups excluding carboxylic acids is 1. The maximum atomic E-state index is 12.0. The third-order valence-electron chi connectivity index (χ3n) is 4.05. The summed E-state index contributed by atoms with van der Waals surface area (Å²) in [7, 11) is 0. The summed E-state index contributed by atoms with van der Waals surface area (Å²) in [4.78, 5) is 12.0. The molecule has 1 aliphatic carbocycles. The molecule has 18 heavy (non-hydrogen) atoms.